The Morgan fingerprint density at radius 2 is 2.14 bits per heavy atom. The van der Waals surface area contributed by atoms with E-state index in [2.05, 4.69) is 18.8 Å². The van der Waals surface area contributed by atoms with Crippen LogP contribution in [0, 0.1) is 5.92 Å². The normalized spacial score (nSPS) is 21.3. The molecule has 5 heteroatoms. The van der Waals surface area contributed by atoms with Crippen LogP contribution in [-0.2, 0) is 24.1 Å². The molecule has 1 fully saturated rings. The van der Waals surface area contributed by atoms with Gasteiger partial charge in [0.25, 0.3) is 0 Å². The minimum absolute atomic E-state index is 0.0811. The topological polar surface area (TPSA) is 44.1 Å². The van der Waals surface area contributed by atoms with Gasteiger partial charge in [-0.1, -0.05) is 13.8 Å². The number of ether oxygens (including phenoxy) is 1. The van der Waals surface area contributed by atoms with Crippen LogP contribution in [0.1, 0.15) is 50.8 Å². The second-order valence-electron chi connectivity index (χ2n) is 6.78. The summed E-state index contributed by atoms with van der Waals surface area (Å²) in [5, 5.41) is 0.983. The summed E-state index contributed by atoms with van der Waals surface area (Å²) in [6, 6.07) is 0. The van der Waals surface area contributed by atoms with Gasteiger partial charge in [0.2, 0.25) is 0 Å². The molecule has 0 spiro atoms. The van der Waals surface area contributed by atoms with Gasteiger partial charge < -0.3 is 4.74 Å². The highest BCUT2D eigenvalue weighted by atomic mass is 32.2. The molecule has 1 atom stereocenters. The number of hydrogen-bond acceptors (Lipinski definition) is 4. The summed E-state index contributed by atoms with van der Waals surface area (Å²) in [4.78, 5) is 16.9. The van der Waals surface area contributed by atoms with E-state index < -0.39 is 0 Å². The number of rotatable bonds is 5. The Labute approximate surface area is 136 Å². The molecule has 1 aromatic rings. The summed E-state index contributed by atoms with van der Waals surface area (Å²) in [5.41, 5.74) is 2.48. The standard InChI is InChI=1S/C17H26N2O2S/c1-12(2)11-22-16-14-7-3-4-8-15(14)19(17(20)18-16)10-13-6-5-9-21-13/h12-13H,3-11H2,1-2H3. The molecule has 1 aromatic heterocycles. The first-order chi connectivity index (χ1) is 10.6. The maximum absolute atomic E-state index is 12.5. The molecule has 4 nitrogen and oxygen atoms in total. The Kier molecular flexibility index (Phi) is 5.24. The van der Waals surface area contributed by atoms with Crippen LogP contribution in [0.5, 0.6) is 0 Å². The molecule has 0 radical (unpaired) electrons. The van der Waals surface area contributed by atoms with E-state index >= 15 is 0 Å². The lowest BCUT2D eigenvalue weighted by atomic mass is 9.97. The number of nitrogens with zero attached hydrogens (tertiary/aromatic N) is 2. The predicted molar refractivity (Wildman–Crippen MR) is 89.7 cm³/mol. The van der Waals surface area contributed by atoms with Crippen molar-refractivity contribution in [1.82, 2.24) is 9.55 Å². The molecule has 0 aromatic carbocycles. The lowest BCUT2D eigenvalue weighted by molar-refractivity contribution is 0.0947. The molecule has 0 amide bonds. The summed E-state index contributed by atoms with van der Waals surface area (Å²) >= 11 is 1.75. The smallest absolute Gasteiger partial charge is 0.348 e. The third kappa shape index (κ3) is 3.57. The van der Waals surface area contributed by atoms with E-state index in [-0.39, 0.29) is 11.8 Å². The van der Waals surface area contributed by atoms with Gasteiger partial charge in [0.15, 0.2) is 0 Å². The van der Waals surface area contributed by atoms with Gasteiger partial charge >= 0.3 is 5.69 Å². The van der Waals surface area contributed by atoms with Crippen LogP contribution in [-0.4, -0.2) is 28.0 Å². The summed E-state index contributed by atoms with van der Waals surface area (Å²) in [6.45, 7) is 5.93. The molecule has 2 aliphatic rings. The maximum Gasteiger partial charge on any atom is 0.348 e. The number of thioether (sulfide) groups is 1. The summed E-state index contributed by atoms with van der Waals surface area (Å²) in [5.74, 6) is 1.63. The van der Waals surface area contributed by atoms with Gasteiger partial charge in [-0.3, -0.25) is 4.57 Å². The Morgan fingerprint density at radius 1 is 1.32 bits per heavy atom. The van der Waals surface area contributed by atoms with Gasteiger partial charge in [-0.25, -0.2) is 4.79 Å². The van der Waals surface area contributed by atoms with E-state index in [1.807, 2.05) is 4.57 Å². The zero-order chi connectivity index (χ0) is 15.5. The quantitative estimate of drug-likeness (QED) is 0.617. The summed E-state index contributed by atoms with van der Waals surface area (Å²) in [6.07, 6.45) is 6.82. The Morgan fingerprint density at radius 3 is 2.86 bits per heavy atom. The highest BCUT2D eigenvalue weighted by Gasteiger charge is 2.24. The molecular weight excluding hydrogens is 296 g/mol. The fourth-order valence-corrected chi connectivity index (χ4v) is 4.32. The van der Waals surface area contributed by atoms with E-state index in [4.69, 9.17) is 4.74 Å². The first-order valence-electron chi connectivity index (χ1n) is 8.52. The van der Waals surface area contributed by atoms with Crippen LogP contribution in [0.4, 0.5) is 0 Å². The molecule has 1 aliphatic carbocycles. The molecule has 122 valence electrons. The van der Waals surface area contributed by atoms with Gasteiger partial charge in [0.05, 0.1) is 12.6 Å². The van der Waals surface area contributed by atoms with E-state index in [1.54, 1.807) is 11.8 Å². The monoisotopic (exact) mass is 322 g/mol. The van der Waals surface area contributed by atoms with Crippen molar-refractivity contribution < 1.29 is 4.74 Å². The second-order valence-corrected chi connectivity index (χ2v) is 7.79. The predicted octanol–water partition coefficient (Wildman–Crippen LogP) is 3.05. The Bertz CT molecular complexity index is 577. The lowest BCUT2D eigenvalue weighted by Crippen LogP contribution is -2.33. The second kappa shape index (κ2) is 7.18. The third-order valence-electron chi connectivity index (χ3n) is 4.41. The Balaban J connectivity index is 1.91. The van der Waals surface area contributed by atoms with Crippen molar-refractivity contribution in [3.63, 3.8) is 0 Å². The zero-order valence-corrected chi connectivity index (χ0v) is 14.5. The average Bonchev–Trinajstić information content (AvgIpc) is 3.01. The number of aromatic nitrogens is 2. The molecule has 1 aliphatic heterocycles. The molecule has 0 N–H and O–H groups in total. The van der Waals surface area contributed by atoms with E-state index in [1.165, 1.54) is 24.1 Å². The van der Waals surface area contributed by atoms with E-state index in [9.17, 15) is 4.79 Å². The van der Waals surface area contributed by atoms with E-state index in [0.717, 1.165) is 43.1 Å². The average molecular weight is 322 g/mol. The largest absolute Gasteiger partial charge is 0.376 e. The maximum atomic E-state index is 12.5. The SMILES string of the molecule is CC(C)CSc1nc(=O)n(CC2CCCO2)c2c1CCCC2. The molecule has 22 heavy (non-hydrogen) atoms. The molecule has 0 bridgehead atoms. The zero-order valence-electron chi connectivity index (χ0n) is 13.6. The third-order valence-corrected chi connectivity index (χ3v) is 5.86. The van der Waals surface area contributed by atoms with Crippen molar-refractivity contribution >= 4 is 11.8 Å². The van der Waals surface area contributed by atoms with Gasteiger partial charge in [0.1, 0.15) is 5.03 Å². The van der Waals surface area contributed by atoms with Gasteiger partial charge in [-0.15, -0.1) is 11.8 Å². The van der Waals surface area contributed by atoms with Crippen LogP contribution in [0.15, 0.2) is 9.82 Å². The van der Waals surface area contributed by atoms with Crippen molar-refractivity contribution in [2.45, 2.75) is 70.0 Å². The Hall–Kier alpha value is -0.810. The first kappa shape index (κ1) is 16.1. The fourth-order valence-electron chi connectivity index (χ4n) is 3.29. The number of fused-ring (bicyclic) bond motifs is 1. The molecule has 2 heterocycles. The molecule has 1 saturated heterocycles. The van der Waals surface area contributed by atoms with Crippen LogP contribution >= 0.6 is 11.8 Å². The van der Waals surface area contributed by atoms with Gasteiger partial charge in [0, 0.05) is 23.6 Å². The van der Waals surface area contributed by atoms with Gasteiger partial charge in [-0.05, 0) is 44.4 Å². The van der Waals surface area contributed by atoms with Crippen molar-refractivity contribution in [3.05, 3.63) is 21.7 Å². The molecule has 3 rings (SSSR count). The van der Waals surface area contributed by atoms with Crippen molar-refractivity contribution in [3.8, 4) is 0 Å². The van der Waals surface area contributed by atoms with Crippen LogP contribution in [0.25, 0.3) is 0 Å². The van der Waals surface area contributed by atoms with E-state index in [0.29, 0.717) is 12.5 Å². The highest BCUT2D eigenvalue weighted by Crippen LogP contribution is 2.29. The fraction of sp³-hybridized carbons (Fsp3) is 0.765. The summed E-state index contributed by atoms with van der Waals surface area (Å²) in [7, 11) is 0. The molecule has 0 saturated carbocycles. The minimum atomic E-state index is -0.0811. The van der Waals surface area contributed by atoms with Gasteiger partial charge in [-0.2, -0.15) is 4.98 Å². The first-order valence-corrected chi connectivity index (χ1v) is 9.50. The van der Waals surface area contributed by atoms with Crippen LogP contribution in [0.2, 0.25) is 0 Å². The van der Waals surface area contributed by atoms with Crippen molar-refractivity contribution in [2.75, 3.05) is 12.4 Å². The summed E-state index contributed by atoms with van der Waals surface area (Å²) < 4.78 is 7.63. The lowest BCUT2D eigenvalue weighted by Gasteiger charge is -2.24. The molecule has 1 unspecified atom stereocenters. The minimum Gasteiger partial charge on any atom is -0.376 e. The highest BCUT2D eigenvalue weighted by molar-refractivity contribution is 7.99. The van der Waals surface area contributed by atoms with Crippen molar-refractivity contribution in [1.29, 1.82) is 0 Å². The van der Waals surface area contributed by atoms with Crippen molar-refractivity contribution in [2.24, 2.45) is 5.92 Å². The van der Waals surface area contributed by atoms with Crippen LogP contribution < -0.4 is 5.69 Å². The number of hydrogen-bond donors (Lipinski definition) is 0. The molecular formula is C17H26N2O2S. The van der Waals surface area contributed by atoms with Crippen LogP contribution in [0.3, 0.4) is 0 Å².